The molecule has 106 valence electrons. The minimum Gasteiger partial charge on any atom is -0.443 e. The molecule has 0 aliphatic carbocycles. The van der Waals surface area contributed by atoms with Crippen molar-refractivity contribution in [3.63, 3.8) is 0 Å². The van der Waals surface area contributed by atoms with Gasteiger partial charge in [-0.05, 0) is 37.4 Å². The summed E-state index contributed by atoms with van der Waals surface area (Å²) in [6, 6.07) is 3.93. The van der Waals surface area contributed by atoms with Crippen molar-refractivity contribution >= 4 is 17.2 Å². The quantitative estimate of drug-likeness (QED) is 0.904. The highest BCUT2D eigenvalue weighted by Crippen LogP contribution is 2.23. The molecule has 0 aromatic carbocycles. The lowest BCUT2D eigenvalue weighted by Crippen LogP contribution is -2.37. The molecule has 0 radical (unpaired) electrons. The van der Waals surface area contributed by atoms with Crippen LogP contribution in [-0.2, 0) is 11.3 Å². The molecule has 3 heterocycles. The maximum Gasteiger partial charge on any atom is 0.236 e. The molecule has 1 saturated heterocycles. The fraction of sp³-hybridized carbons (Fsp3) is 0.429. The number of oxazole rings is 1. The summed E-state index contributed by atoms with van der Waals surface area (Å²) in [6.07, 6.45) is 3.42. The van der Waals surface area contributed by atoms with E-state index in [1.54, 1.807) is 17.6 Å². The zero-order valence-electron chi connectivity index (χ0n) is 11.1. The Kier molecular flexibility index (Phi) is 4.13. The van der Waals surface area contributed by atoms with E-state index in [4.69, 9.17) is 4.42 Å². The van der Waals surface area contributed by atoms with Crippen LogP contribution in [0.1, 0.15) is 18.5 Å². The van der Waals surface area contributed by atoms with Crippen LogP contribution in [0, 0.1) is 5.92 Å². The van der Waals surface area contributed by atoms with Crippen molar-refractivity contribution in [2.45, 2.75) is 19.4 Å². The Morgan fingerprint density at radius 1 is 1.50 bits per heavy atom. The SMILES string of the molecule is O=C(NCc1coc(-c2cccs2)n1)C1CCNCC1. The van der Waals surface area contributed by atoms with Gasteiger partial charge in [-0.25, -0.2) is 4.98 Å². The van der Waals surface area contributed by atoms with Crippen molar-refractivity contribution in [2.24, 2.45) is 5.92 Å². The summed E-state index contributed by atoms with van der Waals surface area (Å²) < 4.78 is 5.42. The van der Waals surface area contributed by atoms with Crippen molar-refractivity contribution in [1.29, 1.82) is 0 Å². The van der Waals surface area contributed by atoms with E-state index in [2.05, 4.69) is 15.6 Å². The summed E-state index contributed by atoms with van der Waals surface area (Å²) in [5.74, 6) is 0.859. The number of aromatic nitrogens is 1. The van der Waals surface area contributed by atoms with Crippen LogP contribution in [0.4, 0.5) is 0 Å². The lowest BCUT2D eigenvalue weighted by atomic mass is 9.97. The molecule has 0 saturated carbocycles. The summed E-state index contributed by atoms with van der Waals surface area (Å²) in [7, 11) is 0. The van der Waals surface area contributed by atoms with Crippen molar-refractivity contribution in [2.75, 3.05) is 13.1 Å². The van der Waals surface area contributed by atoms with Crippen molar-refractivity contribution in [3.8, 4) is 10.8 Å². The van der Waals surface area contributed by atoms with Crippen LogP contribution in [-0.4, -0.2) is 24.0 Å². The summed E-state index contributed by atoms with van der Waals surface area (Å²) in [4.78, 5) is 17.4. The second kappa shape index (κ2) is 6.19. The zero-order chi connectivity index (χ0) is 13.8. The maximum atomic E-state index is 12.0. The third-order valence-electron chi connectivity index (χ3n) is 3.44. The van der Waals surface area contributed by atoms with Gasteiger partial charge in [0.05, 0.1) is 17.1 Å². The first-order valence-corrected chi connectivity index (χ1v) is 7.67. The van der Waals surface area contributed by atoms with Crippen molar-refractivity contribution < 1.29 is 9.21 Å². The van der Waals surface area contributed by atoms with Gasteiger partial charge in [0, 0.05) is 5.92 Å². The minimum absolute atomic E-state index is 0.118. The van der Waals surface area contributed by atoms with Crippen LogP contribution in [0.25, 0.3) is 10.8 Å². The van der Waals surface area contributed by atoms with Crippen molar-refractivity contribution in [1.82, 2.24) is 15.6 Å². The highest BCUT2D eigenvalue weighted by atomic mass is 32.1. The molecule has 0 spiro atoms. The molecule has 1 aliphatic rings. The summed E-state index contributed by atoms with van der Waals surface area (Å²) in [6.45, 7) is 2.27. The molecule has 0 unspecified atom stereocenters. The van der Waals surface area contributed by atoms with Crippen molar-refractivity contribution in [3.05, 3.63) is 29.5 Å². The molecule has 2 aromatic heterocycles. The maximum absolute atomic E-state index is 12.0. The molecule has 1 aliphatic heterocycles. The van der Waals surface area contributed by atoms with Gasteiger partial charge in [-0.2, -0.15) is 0 Å². The smallest absolute Gasteiger partial charge is 0.236 e. The zero-order valence-corrected chi connectivity index (χ0v) is 11.9. The predicted octanol–water partition coefficient (Wildman–Crippen LogP) is 2.02. The molecule has 2 aromatic rings. The number of carbonyl (C=O) groups excluding carboxylic acids is 1. The molecular weight excluding hydrogens is 274 g/mol. The number of rotatable bonds is 4. The monoisotopic (exact) mass is 291 g/mol. The highest BCUT2D eigenvalue weighted by molar-refractivity contribution is 7.13. The molecule has 3 rings (SSSR count). The number of nitrogens with zero attached hydrogens (tertiary/aromatic N) is 1. The molecule has 1 amide bonds. The average molecular weight is 291 g/mol. The van der Waals surface area contributed by atoms with Crippen LogP contribution in [0.15, 0.2) is 28.2 Å². The number of thiophene rings is 1. The Morgan fingerprint density at radius 3 is 3.10 bits per heavy atom. The first-order valence-electron chi connectivity index (χ1n) is 6.79. The van der Waals surface area contributed by atoms with E-state index in [0.717, 1.165) is 36.5 Å². The third kappa shape index (κ3) is 3.08. The Bertz CT molecular complexity index is 559. The van der Waals surface area contributed by atoms with E-state index >= 15 is 0 Å². The number of piperidine rings is 1. The lowest BCUT2D eigenvalue weighted by Gasteiger charge is -2.21. The van der Waals surface area contributed by atoms with E-state index in [1.807, 2.05) is 17.5 Å². The first kappa shape index (κ1) is 13.3. The van der Waals surface area contributed by atoms with Crippen LogP contribution in [0.5, 0.6) is 0 Å². The van der Waals surface area contributed by atoms with Gasteiger partial charge < -0.3 is 15.1 Å². The molecule has 5 nitrogen and oxygen atoms in total. The fourth-order valence-corrected chi connectivity index (χ4v) is 2.96. The van der Waals surface area contributed by atoms with Gasteiger partial charge in [0.2, 0.25) is 11.8 Å². The lowest BCUT2D eigenvalue weighted by molar-refractivity contribution is -0.125. The standard InChI is InChI=1S/C14H17N3O2S/c18-13(10-3-5-15-6-4-10)16-8-11-9-19-14(17-11)12-2-1-7-20-12/h1-2,7,9-10,15H,3-6,8H2,(H,16,18). The second-order valence-corrected chi connectivity index (χ2v) is 5.81. The van der Waals surface area contributed by atoms with Gasteiger partial charge in [0.25, 0.3) is 0 Å². The minimum atomic E-state index is 0.118. The summed E-state index contributed by atoms with van der Waals surface area (Å²) in [5, 5.41) is 8.18. The van der Waals surface area contributed by atoms with Gasteiger partial charge in [0.1, 0.15) is 6.26 Å². The fourth-order valence-electron chi connectivity index (χ4n) is 2.31. The normalized spacial score (nSPS) is 16.2. The Morgan fingerprint density at radius 2 is 2.35 bits per heavy atom. The summed E-state index contributed by atoms with van der Waals surface area (Å²) in [5.41, 5.74) is 0.760. The van der Waals surface area contributed by atoms with Crippen LogP contribution >= 0.6 is 11.3 Å². The second-order valence-electron chi connectivity index (χ2n) is 4.86. The molecule has 1 fully saturated rings. The molecule has 6 heteroatoms. The Labute approximate surface area is 121 Å². The number of hydrogen-bond donors (Lipinski definition) is 2. The van der Waals surface area contributed by atoms with E-state index in [9.17, 15) is 4.79 Å². The Hall–Kier alpha value is -1.66. The largest absolute Gasteiger partial charge is 0.443 e. The van der Waals surface area contributed by atoms with Gasteiger partial charge >= 0.3 is 0 Å². The van der Waals surface area contributed by atoms with E-state index < -0.39 is 0 Å². The Balaban J connectivity index is 1.54. The van der Waals surface area contributed by atoms with Crippen LogP contribution < -0.4 is 10.6 Å². The van der Waals surface area contributed by atoms with Gasteiger partial charge in [-0.3, -0.25) is 4.79 Å². The number of hydrogen-bond acceptors (Lipinski definition) is 5. The third-order valence-corrected chi connectivity index (χ3v) is 4.30. The highest BCUT2D eigenvalue weighted by Gasteiger charge is 2.20. The molecular formula is C14H17N3O2S. The summed E-state index contributed by atoms with van der Waals surface area (Å²) >= 11 is 1.59. The topological polar surface area (TPSA) is 67.2 Å². The van der Waals surface area contributed by atoms with Gasteiger partial charge in [-0.1, -0.05) is 6.07 Å². The number of nitrogens with one attached hydrogen (secondary N) is 2. The predicted molar refractivity (Wildman–Crippen MR) is 77.3 cm³/mol. The van der Waals surface area contributed by atoms with E-state index in [0.29, 0.717) is 12.4 Å². The molecule has 20 heavy (non-hydrogen) atoms. The van der Waals surface area contributed by atoms with Gasteiger partial charge in [0.15, 0.2) is 0 Å². The average Bonchev–Trinajstić information content (AvgIpc) is 3.16. The molecule has 0 atom stereocenters. The first-order chi connectivity index (χ1) is 9.83. The number of amides is 1. The van der Waals surface area contributed by atoms with Crippen LogP contribution in [0.2, 0.25) is 0 Å². The number of carbonyl (C=O) groups is 1. The molecule has 2 N–H and O–H groups in total. The van der Waals surface area contributed by atoms with Crippen LogP contribution in [0.3, 0.4) is 0 Å². The van der Waals surface area contributed by atoms with E-state index in [1.165, 1.54) is 0 Å². The van der Waals surface area contributed by atoms with Gasteiger partial charge in [-0.15, -0.1) is 11.3 Å². The van der Waals surface area contributed by atoms with E-state index in [-0.39, 0.29) is 11.8 Å². The molecule has 0 bridgehead atoms.